The molecule has 0 bridgehead atoms. The van der Waals surface area contributed by atoms with Gasteiger partial charge in [0.2, 0.25) is 0 Å². The van der Waals surface area contributed by atoms with Gasteiger partial charge in [-0.1, -0.05) is 66.7 Å². The van der Waals surface area contributed by atoms with Gasteiger partial charge in [-0.2, -0.15) is 0 Å². The fourth-order valence-corrected chi connectivity index (χ4v) is 6.26. The molecule has 5 nitrogen and oxygen atoms in total. The first kappa shape index (κ1) is 22.6. The maximum absolute atomic E-state index is 13.6. The van der Waals surface area contributed by atoms with Crippen LogP contribution in [0.25, 0.3) is 21.1 Å². The highest BCUT2D eigenvalue weighted by Crippen LogP contribution is 2.30. The number of nitrogens with zero attached hydrogens (tertiary/aromatic N) is 2. The number of carbonyl (C=O) groups is 1. The van der Waals surface area contributed by atoms with Crippen molar-refractivity contribution in [2.45, 2.75) is 38.9 Å². The average Bonchev–Trinajstić information content (AvgIpc) is 3.41. The molecule has 172 valence electrons. The highest BCUT2D eigenvalue weighted by Gasteiger charge is 2.20. The summed E-state index contributed by atoms with van der Waals surface area (Å²) < 4.78 is 1.72. The van der Waals surface area contributed by atoms with Gasteiger partial charge in [-0.25, -0.2) is 4.98 Å². The van der Waals surface area contributed by atoms with Gasteiger partial charge in [0.05, 0.1) is 17.7 Å². The fourth-order valence-electron chi connectivity index (χ4n) is 4.22. The Labute approximate surface area is 205 Å². The molecule has 3 heterocycles. The van der Waals surface area contributed by atoms with Crippen molar-refractivity contribution in [2.24, 2.45) is 0 Å². The molecule has 0 aliphatic heterocycles. The number of thiophene rings is 1. The predicted octanol–water partition coefficient (Wildman–Crippen LogP) is 6.14. The van der Waals surface area contributed by atoms with Crippen LogP contribution in [-0.4, -0.2) is 26.1 Å². The third-order valence-electron chi connectivity index (χ3n) is 6.12. The lowest BCUT2D eigenvalue weighted by Gasteiger charge is -2.12. The number of benzene rings is 2. The van der Waals surface area contributed by atoms with E-state index in [1.54, 1.807) is 22.1 Å². The maximum atomic E-state index is 13.6. The Hall–Kier alpha value is -3.16. The highest BCUT2D eigenvalue weighted by molar-refractivity contribution is 7.99. The van der Waals surface area contributed by atoms with Gasteiger partial charge in [0.1, 0.15) is 4.83 Å². The van der Waals surface area contributed by atoms with Gasteiger partial charge in [-0.3, -0.25) is 14.2 Å². The largest absolute Gasteiger partial charge is 0.360 e. The molecule has 0 atom stereocenters. The molecule has 7 heteroatoms. The summed E-state index contributed by atoms with van der Waals surface area (Å²) in [6.45, 7) is 6.56. The smallest absolute Gasteiger partial charge is 0.263 e. The molecule has 3 aromatic heterocycles. The predicted molar refractivity (Wildman–Crippen MR) is 142 cm³/mol. The molecule has 5 rings (SSSR count). The van der Waals surface area contributed by atoms with Crippen molar-refractivity contribution in [1.29, 1.82) is 0 Å². The van der Waals surface area contributed by atoms with Crippen molar-refractivity contribution < 1.29 is 4.79 Å². The number of carbonyl (C=O) groups excluding carboxylic acids is 1. The number of aromatic nitrogens is 3. The van der Waals surface area contributed by atoms with E-state index in [-0.39, 0.29) is 17.1 Å². The van der Waals surface area contributed by atoms with E-state index in [0.717, 1.165) is 33.3 Å². The Morgan fingerprint density at radius 2 is 1.88 bits per heavy atom. The van der Waals surface area contributed by atoms with E-state index in [4.69, 9.17) is 4.98 Å². The summed E-state index contributed by atoms with van der Waals surface area (Å²) in [5.74, 6) is 0.217. The average molecular weight is 488 g/mol. The normalized spacial score (nSPS) is 11.5. The second-order valence-electron chi connectivity index (χ2n) is 8.42. The van der Waals surface area contributed by atoms with Crippen molar-refractivity contribution in [3.8, 4) is 0 Å². The molecule has 0 spiro atoms. The summed E-state index contributed by atoms with van der Waals surface area (Å²) in [5.41, 5.74) is 4.78. The van der Waals surface area contributed by atoms with Gasteiger partial charge in [0, 0.05) is 27.5 Å². The molecule has 0 amide bonds. The van der Waals surface area contributed by atoms with Crippen LogP contribution in [0.1, 0.15) is 38.8 Å². The molecule has 0 radical (unpaired) electrons. The molecule has 0 aliphatic rings. The summed E-state index contributed by atoms with van der Waals surface area (Å²) in [6, 6.07) is 15.9. The van der Waals surface area contributed by atoms with Crippen molar-refractivity contribution in [2.75, 3.05) is 5.75 Å². The van der Waals surface area contributed by atoms with Crippen LogP contribution in [0.15, 0.2) is 64.7 Å². The SMILES string of the molecule is CCc1sc2nc(SCC(=O)c3c[nH]c4ccccc34)n(Cc3ccc(C)cc3)c(=O)c2c1C. The lowest BCUT2D eigenvalue weighted by molar-refractivity contribution is 0.102. The number of aromatic amines is 1. The zero-order valence-corrected chi connectivity index (χ0v) is 21.0. The van der Waals surface area contributed by atoms with Crippen LogP contribution in [0, 0.1) is 13.8 Å². The lowest BCUT2D eigenvalue weighted by atomic mass is 10.1. The molecule has 2 aromatic carbocycles. The van der Waals surface area contributed by atoms with Gasteiger partial charge in [0.25, 0.3) is 5.56 Å². The molecule has 5 aromatic rings. The Morgan fingerprint density at radius 1 is 1.12 bits per heavy atom. The van der Waals surface area contributed by atoms with E-state index in [2.05, 4.69) is 11.9 Å². The maximum Gasteiger partial charge on any atom is 0.263 e. The minimum atomic E-state index is -0.0407. The Morgan fingerprint density at radius 3 is 2.65 bits per heavy atom. The third kappa shape index (κ3) is 4.10. The van der Waals surface area contributed by atoms with Gasteiger partial charge >= 0.3 is 0 Å². The molecular formula is C27H25N3O2S2. The number of rotatable bonds is 7. The molecule has 0 saturated carbocycles. The standard InChI is InChI=1S/C27H25N3O2S2/c1-4-23-17(3)24-25(34-23)29-27(30(26(24)32)14-18-11-9-16(2)10-12-18)33-15-22(31)20-13-28-21-8-6-5-7-19(20)21/h5-13,28H,4,14-15H2,1-3H3. The van der Waals surface area contributed by atoms with Crippen LogP contribution >= 0.6 is 23.1 Å². The lowest BCUT2D eigenvalue weighted by Crippen LogP contribution is -2.24. The fraction of sp³-hybridized carbons (Fsp3) is 0.222. The summed E-state index contributed by atoms with van der Waals surface area (Å²) in [4.78, 5) is 36.7. The van der Waals surface area contributed by atoms with Crippen LogP contribution < -0.4 is 5.56 Å². The summed E-state index contributed by atoms with van der Waals surface area (Å²) in [6.07, 6.45) is 2.63. The Balaban J connectivity index is 1.53. The van der Waals surface area contributed by atoms with Gasteiger partial charge in [-0.05, 0) is 37.5 Å². The zero-order chi connectivity index (χ0) is 23.8. The number of Topliss-reactive ketones (excluding diaryl/α,β-unsaturated/α-hetero) is 1. The van der Waals surface area contributed by atoms with Crippen molar-refractivity contribution >= 4 is 50.0 Å². The minimum absolute atomic E-state index is 0.00953. The first-order valence-corrected chi connectivity index (χ1v) is 13.1. The van der Waals surface area contributed by atoms with E-state index in [9.17, 15) is 9.59 Å². The number of H-pyrrole nitrogens is 1. The first-order chi connectivity index (χ1) is 16.5. The van der Waals surface area contributed by atoms with Gasteiger partial charge in [0.15, 0.2) is 10.9 Å². The van der Waals surface area contributed by atoms with E-state index in [1.807, 2.05) is 62.4 Å². The number of hydrogen-bond acceptors (Lipinski definition) is 5. The monoisotopic (exact) mass is 487 g/mol. The third-order valence-corrected chi connectivity index (χ3v) is 8.42. The second kappa shape index (κ2) is 9.24. The van der Waals surface area contributed by atoms with Crippen molar-refractivity contribution in [3.05, 3.63) is 92.2 Å². The van der Waals surface area contributed by atoms with E-state index < -0.39 is 0 Å². The second-order valence-corrected chi connectivity index (χ2v) is 10.4. The number of ketones is 1. The number of hydrogen-bond donors (Lipinski definition) is 1. The van der Waals surface area contributed by atoms with E-state index in [0.29, 0.717) is 22.7 Å². The zero-order valence-electron chi connectivity index (χ0n) is 19.3. The van der Waals surface area contributed by atoms with Crippen LogP contribution in [0.2, 0.25) is 0 Å². The topological polar surface area (TPSA) is 67.8 Å². The molecule has 34 heavy (non-hydrogen) atoms. The Bertz CT molecular complexity index is 1580. The van der Waals surface area contributed by atoms with Crippen molar-refractivity contribution in [1.82, 2.24) is 14.5 Å². The van der Waals surface area contributed by atoms with Gasteiger partial charge in [-0.15, -0.1) is 11.3 Å². The van der Waals surface area contributed by atoms with Gasteiger partial charge < -0.3 is 4.98 Å². The van der Waals surface area contributed by atoms with Crippen LogP contribution in [0.3, 0.4) is 0 Å². The molecular weight excluding hydrogens is 462 g/mol. The molecule has 0 saturated heterocycles. The quantitative estimate of drug-likeness (QED) is 0.170. The molecule has 0 aliphatic carbocycles. The van der Waals surface area contributed by atoms with E-state index in [1.165, 1.54) is 22.2 Å². The van der Waals surface area contributed by atoms with Crippen LogP contribution in [0.4, 0.5) is 0 Å². The summed E-state index contributed by atoms with van der Waals surface area (Å²) in [7, 11) is 0. The molecule has 0 fully saturated rings. The van der Waals surface area contributed by atoms with Crippen molar-refractivity contribution in [3.63, 3.8) is 0 Å². The van der Waals surface area contributed by atoms with E-state index >= 15 is 0 Å². The first-order valence-electron chi connectivity index (χ1n) is 11.3. The summed E-state index contributed by atoms with van der Waals surface area (Å²) in [5, 5.41) is 2.19. The minimum Gasteiger partial charge on any atom is -0.360 e. The van der Waals surface area contributed by atoms with Crippen LogP contribution in [0.5, 0.6) is 0 Å². The number of aryl methyl sites for hydroxylation is 3. The number of para-hydroxylation sites is 1. The summed E-state index contributed by atoms with van der Waals surface area (Å²) >= 11 is 2.91. The van der Waals surface area contributed by atoms with Crippen LogP contribution in [-0.2, 0) is 13.0 Å². The number of thioether (sulfide) groups is 1. The number of nitrogens with one attached hydrogen (secondary N) is 1. The Kier molecular flexibility index (Phi) is 6.15. The molecule has 0 unspecified atom stereocenters. The number of fused-ring (bicyclic) bond motifs is 2. The molecule has 1 N–H and O–H groups in total. The highest BCUT2D eigenvalue weighted by atomic mass is 32.2.